The Balaban J connectivity index is 1.48. The van der Waals surface area contributed by atoms with Gasteiger partial charge in [-0.2, -0.15) is 0 Å². The summed E-state index contributed by atoms with van der Waals surface area (Å²) in [5, 5.41) is 19.6. The summed E-state index contributed by atoms with van der Waals surface area (Å²) in [6.45, 7) is 1.77. The van der Waals surface area contributed by atoms with Gasteiger partial charge in [0.05, 0.1) is 41.0 Å². The molecule has 0 aromatic heterocycles. The molecule has 10 nitrogen and oxygen atoms in total. The van der Waals surface area contributed by atoms with Crippen molar-refractivity contribution >= 4 is 46.9 Å². The molecule has 3 fully saturated rings. The highest BCUT2D eigenvalue weighted by molar-refractivity contribution is 6.32. The predicted molar refractivity (Wildman–Crippen MR) is 154 cm³/mol. The van der Waals surface area contributed by atoms with Gasteiger partial charge in [0.2, 0.25) is 23.6 Å². The number of carbonyl (C=O) groups is 5. The first-order valence-corrected chi connectivity index (χ1v) is 14.6. The third kappa shape index (κ3) is 4.25. The van der Waals surface area contributed by atoms with Crippen molar-refractivity contribution in [3.63, 3.8) is 0 Å². The number of carboxylic acid groups (broad SMARTS) is 1. The van der Waals surface area contributed by atoms with Crippen LogP contribution in [0.4, 0.5) is 5.69 Å². The molecule has 2 aliphatic carbocycles. The highest BCUT2D eigenvalue weighted by Gasteiger charge is 2.67. The molecule has 0 radical (unpaired) electrons. The van der Waals surface area contributed by atoms with E-state index in [0.29, 0.717) is 11.3 Å². The molecule has 11 heteroatoms. The van der Waals surface area contributed by atoms with Crippen molar-refractivity contribution in [2.24, 2.45) is 29.1 Å². The third-order valence-corrected chi connectivity index (χ3v) is 10.0. The molecule has 2 N–H and O–H groups in total. The van der Waals surface area contributed by atoms with Crippen LogP contribution in [0, 0.1) is 29.1 Å². The van der Waals surface area contributed by atoms with Crippen molar-refractivity contribution in [1.82, 2.24) is 4.90 Å². The van der Waals surface area contributed by atoms with E-state index in [-0.39, 0.29) is 72.4 Å². The number of nitrogens with zero attached hydrogens (tertiary/aromatic N) is 2. The number of phenols is 1. The highest BCUT2D eigenvalue weighted by Crippen LogP contribution is 2.64. The lowest BCUT2D eigenvalue weighted by Gasteiger charge is -2.49. The van der Waals surface area contributed by atoms with Crippen LogP contribution in [0.5, 0.6) is 11.5 Å². The number of benzene rings is 2. The Bertz CT molecular complexity index is 1590. The Kier molecular flexibility index (Phi) is 7.07. The Morgan fingerprint density at radius 1 is 1.07 bits per heavy atom. The molecule has 2 aliphatic heterocycles. The van der Waals surface area contributed by atoms with Crippen LogP contribution in [0.15, 0.2) is 54.1 Å². The van der Waals surface area contributed by atoms with Crippen LogP contribution in [0.25, 0.3) is 0 Å². The molecule has 0 unspecified atom stereocenters. The van der Waals surface area contributed by atoms with Gasteiger partial charge in [-0.15, -0.1) is 0 Å². The molecule has 2 saturated heterocycles. The molecule has 2 aromatic carbocycles. The summed E-state index contributed by atoms with van der Waals surface area (Å²) in [4.78, 5) is 69.2. The molecule has 6 atom stereocenters. The number of hydrogen-bond donors (Lipinski definition) is 2. The first-order chi connectivity index (χ1) is 20.5. The number of aromatic hydroxyl groups is 1. The van der Waals surface area contributed by atoms with Crippen LogP contribution in [0.1, 0.15) is 44.1 Å². The van der Waals surface area contributed by atoms with Crippen molar-refractivity contribution in [2.75, 3.05) is 18.6 Å². The van der Waals surface area contributed by atoms with Crippen molar-refractivity contribution in [2.45, 2.75) is 38.5 Å². The first kappa shape index (κ1) is 28.9. The van der Waals surface area contributed by atoms with Crippen LogP contribution in [0.2, 0.25) is 5.02 Å². The van der Waals surface area contributed by atoms with E-state index < -0.39 is 41.0 Å². The summed E-state index contributed by atoms with van der Waals surface area (Å²) < 4.78 is 5.38. The number of hydrogen-bond acceptors (Lipinski definition) is 7. The molecule has 224 valence electrons. The van der Waals surface area contributed by atoms with E-state index in [1.54, 1.807) is 49.4 Å². The number of aliphatic carboxylic acids is 1. The lowest BCUT2D eigenvalue weighted by molar-refractivity contribution is -0.142. The molecule has 4 aliphatic rings. The molecular weight excluding hydrogens is 576 g/mol. The normalized spacial score (nSPS) is 29.7. The number of carbonyl (C=O) groups excluding carboxylic acids is 4. The topological polar surface area (TPSA) is 142 Å². The fourth-order valence-electron chi connectivity index (χ4n) is 7.81. The van der Waals surface area contributed by atoms with Gasteiger partial charge in [0.25, 0.3) is 0 Å². The number of amides is 4. The van der Waals surface area contributed by atoms with Crippen LogP contribution in [-0.2, 0) is 24.0 Å². The average molecular weight is 607 g/mol. The number of methoxy groups -OCH3 is 1. The maximum absolute atomic E-state index is 14.4. The zero-order chi connectivity index (χ0) is 30.8. The Hall–Kier alpha value is -4.18. The van der Waals surface area contributed by atoms with E-state index in [2.05, 4.69) is 0 Å². The van der Waals surface area contributed by atoms with E-state index in [4.69, 9.17) is 21.4 Å². The summed E-state index contributed by atoms with van der Waals surface area (Å²) in [7, 11) is 1.39. The second kappa shape index (κ2) is 10.5. The van der Waals surface area contributed by atoms with Crippen molar-refractivity contribution in [3.05, 3.63) is 64.7 Å². The number of fused-ring (bicyclic) bond motifs is 4. The average Bonchev–Trinajstić information content (AvgIpc) is 3.34. The number of rotatable bonds is 7. The fraction of sp³-hybridized carbons (Fsp3) is 0.406. The smallest absolute Gasteiger partial charge is 0.303 e. The van der Waals surface area contributed by atoms with Crippen LogP contribution in [-0.4, -0.2) is 58.4 Å². The summed E-state index contributed by atoms with van der Waals surface area (Å²) in [5.74, 6) is -6.05. The molecule has 1 saturated carbocycles. The maximum Gasteiger partial charge on any atom is 0.303 e. The molecule has 2 aromatic rings. The summed E-state index contributed by atoms with van der Waals surface area (Å²) in [5.41, 5.74) is 0.501. The van der Waals surface area contributed by atoms with E-state index in [1.807, 2.05) is 6.08 Å². The van der Waals surface area contributed by atoms with E-state index in [9.17, 15) is 29.1 Å². The van der Waals surface area contributed by atoms with Gasteiger partial charge in [-0.1, -0.05) is 41.4 Å². The molecule has 0 bridgehead atoms. The Morgan fingerprint density at radius 3 is 2.47 bits per heavy atom. The van der Waals surface area contributed by atoms with Crippen molar-refractivity contribution in [1.29, 1.82) is 0 Å². The molecule has 43 heavy (non-hydrogen) atoms. The Labute approximate surface area is 252 Å². The number of para-hydroxylation sites is 1. The second-order valence-corrected chi connectivity index (χ2v) is 12.3. The minimum absolute atomic E-state index is 0.00750. The third-order valence-electron chi connectivity index (χ3n) is 9.76. The van der Waals surface area contributed by atoms with Gasteiger partial charge in [-0.05, 0) is 61.9 Å². The number of phenolic OH excluding ortho intramolecular Hbond substituents is 1. The molecule has 2 heterocycles. The van der Waals surface area contributed by atoms with Gasteiger partial charge in [0.1, 0.15) is 0 Å². The van der Waals surface area contributed by atoms with Crippen molar-refractivity contribution < 1.29 is 38.9 Å². The zero-order valence-electron chi connectivity index (χ0n) is 23.7. The van der Waals surface area contributed by atoms with Gasteiger partial charge >= 0.3 is 5.97 Å². The minimum atomic E-state index is -1.26. The number of imide groups is 2. The maximum atomic E-state index is 14.4. The monoisotopic (exact) mass is 606 g/mol. The van der Waals surface area contributed by atoms with Crippen molar-refractivity contribution in [3.8, 4) is 11.5 Å². The van der Waals surface area contributed by atoms with Gasteiger partial charge in [0, 0.05) is 18.9 Å². The molecule has 6 rings (SSSR count). The van der Waals surface area contributed by atoms with Gasteiger partial charge in [-0.25, -0.2) is 4.90 Å². The summed E-state index contributed by atoms with van der Waals surface area (Å²) in [6, 6.07) is 11.8. The quantitative estimate of drug-likeness (QED) is 0.354. The molecule has 0 spiro atoms. The summed E-state index contributed by atoms with van der Waals surface area (Å²) in [6.07, 6.45) is 2.35. The minimum Gasteiger partial charge on any atom is -0.503 e. The highest BCUT2D eigenvalue weighted by atomic mass is 35.5. The van der Waals surface area contributed by atoms with Gasteiger partial charge in [0.15, 0.2) is 11.5 Å². The number of anilines is 1. The number of halogens is 1. The predicted octanol–water partition coefficient (Wildman–Crippen LogP) is 4.15. The van der Waals surface area contributed by atoms with Gasteiger partial charge < -0.3 is 14.9 Å². The van der Waals surface area contributed by atoms with Gasteiger partial charge in [-0.3, -0.25) is 28.9 Å². The molecule has 4 amide bonds. The lowest BCUT2D eigenvalue weighted by Crippen LogP contribution is -2.48. The van der Waals surface area contributed by atoms with E-state index >= 15 is 0 Å². The molecular formula is C32H31ClN2O8. The number of ether oxygens (including phenoxy) is 1. The van der Waals surface area contributed by atoms with Crippen LogP contribution >= 0.6 is 11.6 Å². The van der Waals surface area contributed by atoms with E-state index in [0.717, 1.165) is 10.5 Å². The Morgan fingerprint density at radius 2 is 1.79 bits per heavy atom. The largest absolute Gasteiger partial charge is 0.503 e. The zero-order valence-corrected chi connectivity index (χ0v) is 24.4. The number of likely N-dealkylation sites (tertiary alicyclic amines) is 1. The number of allylic oxidation sites excluding steroid dienone is 2. The SMILES string of the molecule is COc1cc([C@H]2C3=CC[C@@H]4C(=O)N(CCCC(=O)O)C(=O)[C@@H]4[C@@H]3C[C@H]3C(=O)N(c4ccccc4)C(=O)[C@@]23C)cc(Cl)c1O. The lowest BCUT2D eigenvalue weighted by atomic mass is 9.51. The first-order valence-electron chi connectivity index (χ1n) is 14.3. The number of carboxylic acids is 1. The summed E-state index contributed by atoms with van der Waals surface area (Å²) >= 11 is 6.43. The fourth-order valence-corrected chi connectivity index (χ4v) is 8.03. The second-order valence-electron chi connectivity index (χ2n) is 11.9. The van der Waals surface area contributed by atoms with Crippen LogP contribution in [0.3, 0.4) is 0 Å². The van der Waals surface area contributed by atoms with Crippen LogP contribution < -0.4 is 9.64 Å². The van der Waals surface area contributed by atoms with E-state index in [1.165, 1.54) is 12.0 Å². The standard InChI is InChI=1S/C32H31ClN2O8/c1-32-21(29(40)35(31(32)42)17-7-4-3-5-8-17)15-20-18(26(32)16-13-22(33)27(38)23(14-16)43-2)10-11-19-25(20)30(41)34(28(19)39)12-6-9-24(36)37/h3-5,7-8,10,13-14,19-21,25-26,38H,6,9,11-12,15H2,1-2H3,(H,36,37)/t19-,20+,21-,25-,26-,32+/m0/s1.